The van der Waals surface area contributed by atoms with Crippen molar-refractivity contribution in [3.05, 3.63) is 0 Å². The summed E-state index contributed by atoms with van der Waals surface area (Å²) in [5.41, 5.74) is 0. The van der Waals surface area contributed by atoms with Crippen molar-refractivity contribution >= 4 is 18.4 Å². The molecule has 0 fully saturated rings. The van der Waals surface area contributed by atoms with Gasteiger partial charge in [-0.15, -0.1) is 0 Å². The monoisotopic (exact) mass is 154 g/mol. The summed E-state index contributed by atoms with van der Waals surface area (Å²) in [5.74, 6) is 0. The van der Waals surface area contributed by atoms with Crippen molar-refractivity contribution in [2.24, 2.45) is 0 Å². The van der Waals surface area contributed by atoms with Crippen LogP contribution in [0, 0.1) is 0 Å². The largest absolute Gasteiger partial charge is 0.310 e. The standard InChI is InChI=1S/C5H12ClOP/c1-2-3-4-5-8(6)7/h8H,2-5H2,1H3. The van der Waals surface area contributed by atoms with E-state index in [4.69, 9.17) is 11.2 Å². The van der Waals surface area contributed by atoms with Crippen molar-refractivity contribution in [1.82, 2.24) is 0 Å². The number of rotatable bonds is 4. The third-order valence-corrected chi connectivity index (χ3v) is 2.29. The van der Waals surface area contributed by atoms with Crippen LogP contribution in [0.1, 0.15) is 26.2 Å². The lowest BCUT2D eigenvalue weighted by Crippen LogP contribution is -1.73. The van der Waals surface area contributed by atoms with Gasteiger partial charge in [-0.1, -0.05) is 31.0 Å². The summed E-state index contributed by atoms with van der Waals surface area (Å²) < 4.78 is 10.3. The number of halogens is 1. The Kier molecular flexibility index (Phi) is 6.02. The molecular formula is C5H12ClOP. The third kappa shape index (κ3) is 6.52. The minimum atomic E-state index is -1.68. The van der Waals surface area contributed by atoms with Crippen LogP contribution in [-0.4, -0.2) is 6.16 Å². The highest BCUT2D eigenvalue weighted by Gasteiger charge is 1.90. The Morgan fingerprint density at radius 2 is 2.12 bits per heavy atom. The zero-order valence-corrected chi connectivity index (χ0v) is 6.87. The van der Waals surface area contributed by atoms with Gasteiger partial charge in [-0.3, -0.25) is 0 Å². The summed E-state index contributed by atoms with van der Waals surface area (Å²) >= 11 is 5.26. The van der Waals surface area contributed by atoms with Crippen LogP contribution >= 0.6 is 18.4 Å². The average Bonchev–Trinajstić information content (AvgIpc) is 1.66. The van der Waals surface area contributed by atoms with Gasteiger partial charge in [0, 0.05) is 6.16 Å². The van der Waals surface area contributed by atoms with Gasteiger partial charge < -0.3 is 4.57 Å². The first kappa shape index (κ1) is 8.52. The zero-order valence-electron chi connectivity index (χ0n) is 5.11. The second-order valence-electron chi connectivity index (χ2n) is 1.81. The van der Waals surface area contributed by atoms with Crippen LogP contribution in [0.3, 0.4) is 0 Å². The van der Waals surface area contributed by atoms with E-state index in [2.05, 4.69) is 6.92 Å². The number of hydrogen-bond donors (Lipinski definition) is 0. The third-order valence-electron chi connectivity index (χ3n) is 0.977. The Labute approximate surface area is 56.0 Å². The molecule has 0 saturated carbocycles. The maximum absolute atomic E-state index is 10.3. The predicted molar refractivity (Wildman–Crippen MR) is 39.2 cm³/mol. The van der Waals surface area contributed by atoms with Crippen molar-refractivity contribution < 1.29 is 4.57 Å². The molecule has 1 nitrogen and oxygen atoms in total. The lowest BCUT2D eigenvalue weighted by molar-refractivity contribution is 0.593. The Morgan fingerprint density at radius 1 is 1.50 bits per heavy atom. The molecule has 0 aromatic carbocycles. The summed E-state index contributed by atoms with van der Waals surface area (Å²) in [7, 11) is -1.68. The molecule has 0 N–H and O–H groups in total. The normalized spacial score (nSPS) is 13.8. The van der Waals surface area contributed by atoms with E-state index in [9.17, 15) is 4.57 Å². The summed E-state index contributed by atoms with van der Waals surface area (Å²) in [6.07, 6.45) is 4.08. The van der Waals surface area contributed by atoms with E-state index < -0.39 is 7.15 Å². The molecule has 1 unspecified atom stereocenters. The molecule has 8 heavy (non-hydrogen) atoms. The minimum Gasteiger partial charge on any atom is -0.310 e. The quantitative estimate of drug-likeness (QED) is 0.450. The van der Waals surface area contributed by atoms with Crippen molar-refractivity contribution in [1.29, 1.82) is 0 Å². The van der Waals surface area contributed by atoms with Crippen LogP contribution in [0.15, 0.2) is 0 Å². The molecule has 0 aliphatic heterocycles. The van der Waals surface area contributed by atoms with Gasteiger partial charge in [0.15, 0.2) is 7.15 Å². The van der Waals surface area contributed by atoms with Crippen LogP contribution < -0.4 is 0 Å². The molecule has 0 aromatic rings. The maximum Gasteiger partial charge on any atom is 0.158 e. The molecule has 0 amide bonds. The molecule has 0 bridgehead atoms. The van der Waals surface area contributed by atoms with Crippen LogP contribution in [0.4, 0.5) is 0 Å². The van der Waals surface area contributed by atoms with Crippen molar-refractivity contribution in [3.63, 3.8) is 0 Å². The fraction of sp³-hybridized carbons (Fsp3) is 1.00. The first-order valence-electron chi connectivity index (χ1n) is 2.95. The van der Waals surface area contributed by atoms with Gasteiger partial charge in [-0.05, 0) is 6.42 Å². The van der Waals surface area contributed by atoms with Gasteiger partial charge >= 0.3 is 0 Å². The van der Waals surface area contributed by atoms with Crippen molar-refractivity contribution in [2.45, 2.75) is 26.2 Å². The summed E-state index contributed by atoms with van der Waals surface area (Å²) in [5, 5.41) is 0. The van der Waals surface area contributed by atoms with Gasteiger partial charge in [0.05, 0.1) is 0 Å². The highest BCUT2D eigenvalue weighted by molar-refractivity contribution is 7.73. The Balaban J connectivity index is 2.82. The molecule has 0 saturated heterocycles. The SMILES string of the molecule is CCCCC[PH](=O)Cl. The highest BCUT2D eigenvalue weighted by atomic mass is 35.7. The van der Waals surface area contributed by atoms with E-state index >= 15 is 0 Å². The van der Waals surface area contributed by atoms with Gasteiger partial charge in [0.2, 0.25) is 0 Å². The van der Waals surface area contributed by atoms with Crippen LogP contribution in [0.2, 0.25) is 0 Å². The van der Waals surface area contributed by atoms with Gasteiger partial charge in [0.25, 0.3) is 0 Å². The zero-order chi connectivity index (χ0) is 6.41. The molecule has 50 valence electrons. The molecular weight excluding hydrogens is 142 g/mol. The second-order valence-corrected chi connectivity index (χ2v) is 4.29. The first-order chi connectivity index (χ1) is 3.77. The molecule has 1 atom stereocenters. The molecule has 0 radical (unpaired) electrons. The topological polar surface area (TPSA) is 17.1 Å². The van der Waals surface area contributed by atoms with E-state index in [1.807, 2.05) is 0 Å². The lowest BCUT2D eigenvalue weighted by atomic mass is 10.3. The summed E-state index contributed by atoms with van der Waals surface area (Å²) in [6, 6.07) is 0. The summed E-state index contributed by atoms with van der Waals surface area (Å²) in [6.45, 7) is 2.12. The van der Waals surface area contributed by atoms with Crippen LogP contribution in [0.25, 0.3) is 0 Å². The molecule has 0 aromatic heterocycles. The molecule has 0 aliphatic carbocycles. The van der Waals surface area contributed by atoms with E-state index in [-0.39, 0.29) is 0 Å². The van der Waals surface area contributed by atoms with E-state index in [1.54, 1.807) is 0 Å². The molecule has 0 spiro atoms. The fourth-order valence-corrected chi connectivity index (χ4v) is 1.44. The van der Waals surface area contributed by atoms with Crippen molar-refractivity contribution in [3.8, 4) is 0 Å². The van der Waals surface area contributed by atoms with Crippen LogP contribution in [-0.2, 0) is 4.57 Å². The van der Waals surface area contributed by atoms with Gasteiger partial charge in [0.1, 0.15) is 0 Å². The number of unbranched alkanes of at least 4 members (excludes halogenated alkanes) is 2. The van der Waals surface area contributed by atoms with Gasteiger partial charge in [-0.2, -0.15) is 0 Å². The Hall–Kier alpha value is 0.520. The Morgan fingerprint density at radius 3 is 2.50 bits per heavy atom. The van der Waals surface area contributed by atoms with Gasteiger partial charge in [-0.25, -0.2) is 0 Å². The average molecular weight is 155 g/mol. The molecule has 0 rings (SSSR count). The number of hydrogen-bond acceptors (Lipinski definition) is 1. The first-order valence-corrected chi connectivity index (χ1v) is 5.58. The molecule has 3 heteroatoms. The molecule has 0 aliphatic rings. The fourth-order valence-electron chi connectivity index (χ4n) is 0.514. The maximum atomic E-state index is 10.3. The predicted octanol–water partition coefficient (Wildman–Crippen LogP) is 2.89. The van der Waals surface area contributed by atoms with Crippen molar-refractivity contribution in [2.75, 3.05) is 6.16 Å². The highest BCUT2D eigenvalue weighted by Crippen LogP contribution is 2.27. The minimum absolute atomic E-state index is 0.722. The second kappa shape index (κ2) is 5.65. The smallest absolute Gasteiger partial charge is 0.158 e. The van der Waals surface area contributed by atoms with Crippen LogP contribution in [0.5, 0.6) is 0 Å². The Bertz CT molecular complexity index is 74.8. The van der Waals surface area contributed by atoms with E-state index in [1.165, 1.54) is 6.42 Å². The lowest BCUT2D eigenvalue weighted by Gasteiger charge is -1.90. The van der Waals surface area contributed by atoms with E-state index in [0.29, 0.717) is 0 Å². The van der Waals surface area contributed by atoms with E-state index in [0.717, 1.165) is 19.0 Å². The molecule has 0 heterocycles. The summed E-state index contributed by atoms with van der Waals surface area (Å²) in [4.78, 5) is 0.